The average molecular weight is 277 g/mol. The fraction of sp³-hybridized carbons (Fsp3) is 0.824. The van der Waals surface area contributed by atoms with E-state index in [2.05, 4.69) is 56.9 Å². The van der Waals surface area contributed by atoms with Crippen molar-refractivity contribution in [1.82, 2.24) is 15.1 Å². The lowest BCUT2D eigenvalue weighted by Crippen LogP contribution is -2.35. The maximum atomic E-state index is 4.76. The summed E-state index contributed by atoms with van der Waals surface area (Å²) in [7, 11) is 0. The van der Waals surface area contributed by atoms with Crippen LogP contribution in [0.4, 0.5) is 0 Å². The summed E-state index contributed by atoms with van der Waals surface area (Å²) in [6.45, 7) is 12.6. The molecule has 114 valence electrons. The number of hydrogen-bond donors (Lipinski definition) is 1. The summed E-state index contributed by atoms with van der Waals surface area (Å²) in [5.41, 5.74) is 1.76. The number of rotatable bonds is 8. The van der Waals surface area contributed by atoms with Crippen LogP contribution in [0.15, 0.2) is 12.3 Å². The highest BCUT2D eigenvalue weighted by molar-refractivity contribution is 5.09. The molecule has 1 saturated carbocycles. The Kier molecular flexibility index (Phi) is 4.90. The van der Waals surface area contributed by atoms with Crippen LogP contribution in [0.25, 0.3) is 0 Å². The molecule has 2 rings (SSSR count). The van der Waals surface area contributed by atoms with Gasteiger partial charge in [0.05, 0.1) is 5.69 Å². The zero-order valence-electron chi connectivity index (χ0n) is 13.8. The minimum atomic E-state index is 0.503. The van der Waals surface area contributed by atoms with Crippen LogP contribution >= 0.6 is 0 Å². The van der Waals surface area contributed by atoms with E-state index in [1.54, 1.807) is 0 Å². The van der Waals surface area contributed by atoms with Gasteiger partial charge in [-0.15, -0.1) is 0 Å². The van der Waals surface area contributed by atoms with Crippen molar-refractivity contribution >= 4 is 0 Å². The molecule has 1 aliphatic carbocycles. The quantitative estimate of drug-likeness (QED) is 0.783. The van der Waals surface area contributed by atoms with E-state index in [9.17, 15) is 0 Å². The molecular formula is C17H31N3. The number of aromatic nitrogens is 2. The zero-order valence-corrected chi connectivity index (χ0v) is 13.8. The first kappa shape index (κ1) is 15.6. The average Bonchev–Trinajstić information content (AvgIpc) is 2.86. The van der Waals surface area contributed by atoms with Crippen molar-refractivity contribution in [3.63, 3.8) is 0 Å². The minimum absolute atomic E-state index is 0.503. The van der Waals surface area contributed by atoms with E-state index in [-0.39, 0.29) is 0 Å². The Bertz CT molecular complexity index is 422. The summed E-state index contributed by atoms with van der Waals surface area (Å²) in [6.07, 6.45) is 6.88. The van der Waals surface area contributed by atoms with Crippen molar-refractivity contribution in [1.29, 1.82) is 0 Å². The van der Waals surface area contributed by atoms with E-state index < -0.39 is 0 Å². The van der Waals surface area contributed by atoms with Crippen LogP contribution in [0.1, 0.15) is 65.6 Å². The molecule has 1 aromatic rings. The zero-order chi connectivity index (χ0) is 14.8. The summed E-state index contributed by atoms with van der Waals surface area (Å²) >= 11 is 0. The van der Waals surface area contributed by atoms with Gasteiger partial charge in [-0.25, -0.2) is 0 Å². The number of nitrogens with zero attached hydrogens (tertiary/aromatic N) is 2. The Hall–Kier alpha value is -0.830. The Labute approximate surface area is 124 Å². The molecule has 0 amide bonds. The van der Waals surface area contributed by atoms with Gasteiger partial charge >= 0.3 is 0 Å². The normalized spacial score (nSPS) is 23.6. The van der Waals surface area contributed by atoms with Crippen molar-refractivity contribution in [2.45, 2.75) is 72.4 Å². The molecule has 1 N–H and O–H groups in total. The van der Waals surface area contributed by atoms with Crippen LogP contribution in [-0.2, 0) is 6.42 Å². The number of nitrogens with one attached hydrogen (secondary N) is 1. The van der Waals surface area contributed by atoms with Gasteiger partial charge in [0.25, 0.3) is 0 Å². The Balaban J connectivity index is 1.98. The first-order valence-corrected chi connectivity index (χ1v) is 8.25. The number of hydrogen-bond acceptors (Lipinski definition) is 2. The molecule has 20 heavy (non-hydrogen) atoms. The lowest BCUT2D eigenvalue weighted by molar-refractivity contribution is 0.396. The first-order valence-electron chi connectivity index (χ1n) is 8.25. The van der Waals surface area contributed by atoms with E-state index in [0.29, 0.717) is 17.5 Å². The lowest BCUT2D eigenvalue weighted by atomic mass is 10.00. The monoisotopic (exact) mass is 277 g/mol. The molecular weight excluding hydrogens is 246 g/mol. The van der Waals surface area contributed by atoms with E-state index >= 15 is 0 Å². The van der Waals surface area contributed by atoms with Gasteiger partial charge < -0.3 is 5.32 Å². The third kappa shape index (κ3) is 3.63. The highest BCUT2D eigenvalue weighted by Crippen LogP contribution is 2.54. The molecule has 3 unspecified atom stereocenters. The van der Waals surface area contributed by atoms with Gasteiger partial charge in [0.1, 0.15) is 0 Å². The summed E-state index contributed by atoms with van der Waals surface area (Å²) in [4.78, 5) is 0. The maximum absolute atomic E-state index is 4.76. The molecule has 1 aromatic heterocycles. The van der Waals surface area contributed by atoms with Crippen LogP contribution in [0.3, 0.4) is 0 Å². The molecule has 1 heterocycles. The molecule has 0 radical (unpaired) electrons. The third-order valence-electron chi connectivity index (χ3n) is 4.87. The summed E-state index contributed by atoms with van der Waals surface area (Å²) < 4.78 is 2.12. The van der Waals surface area contributed by atoms with Gasteiger partial charge in [-0.3, -0.25) is 4.68 Å². The highest BCUT2D eigenvalue weighted by Gasteiger charge is 2.49. The van der Waals surface area contributed by atoms with Crippen molar-refractivity contribution in [2.24, 2.45) is 11.3 Å². The molecule has 0 saturated heterocycles. The summed E-state index contributed by atoms with van der Waals surface area (Å²) in [5.74, 6) is 0.808. The van der Waals surface area contributed by atoms with Crippen LogP contribution in [0, 0.1) is 11.3 Å². The van der Waals surface area contributed by atoms with Gasteiger partial charge in [0, 0.05) is 24.7 Å². The van der Waals surface area contributed by atoms with Crippen LogP contribution < -0.4 is 5.32 Å². The fourth-order valence-electron chi connectivity index (χ4n) is 3.03. The second kappa shape index (κ2) is 6.30. The van der Waals surface area contributed by atoms with Gasteiger partial charge in [0.2, 0.25) is 0 Å². The van der Waals surface area contributed by atoms with Crippen LogP contribution in [-0.4, -0.2) is 22.4 Å². The fourth-order valence-corrected chi connectivity index (χ4v) is 3.03. The van der Waals surface area contributed by atoms with Crippen molar-refractivity contribution in [2.75, 3.05) is 6.54 Å². The third-order valence-corrected chi connectivity index (χ3v) is 4.87. The SMILES string of the molecule is CCCNC(Cc1ccn(C(C)CC)n1)C1CC1(C)C. The smallest absolute Gasteiger partial charge is 0.0640 e. The second-order valence-electron chi connectivity index (χ2n) is 7.11. The molecule has 1 fully saturated rings. The highest BCUT2D eigenvalue weighted by atomic mass is 15.3. The van der Waals surface area contributed by atoms with Crippen LogP contribution in [0.5, 0.6) is 0 Å². The lowest BCUT2D eigenvalue weighted by Gasteiger charge is -2.19. The molecule has 3 nitrogen and oxygen atoms in total. The predicted molar refractivity (Wildman–Crippen MR) is 84.9 cm³/mol. The van der Waals surface area contributed by atoms with E-state index in [1.165, 1.54) is 18.5 Å². The second-order valence-corrected chi connectivity index (χ2v) is 7.11. The molecule has 3 atom stereocenters. The summed E-state index contributed by atoms with van der Waals surface area (Å²) in [5, 5.41) is 8.50. The topological polar surface area (TPSA) is 29.9 Å². The molecule has 0 aliphatic heterocycles. The van der Waals surface area contributed by atoms with Crippen molar-refractivity contribution < 1.29 is 0 Å². The molecule has 0 spiro atoms. The van der Waals surface area contributed by atoms with Crippen molar-refractivity contribution in [3.8, 4) is 0 Å². The van der Waals surface area contributed by atoms with Gasteiger partial charge in [0.15, 0.2) is 0 Å². The molecule has 1 aliphatic rings. The molecule has 0 bridgehead atoms. The Morgan fingerprint density at radius 1 is 1.45 bits per heavy atom. The molecule has 3 heteroatoms. The first-order chi connectivity index (χ1) is 9.47. The van der Waals surface area contributed by atoms with E-state index in [1.807, 2.05) is 0 Å². The van der Waals surface area contributed by atoms with Gasteiger partial charge in [-0.1, -0.05) is 27.7 Å². The summed E-state index contributed by atoms with van der Waals surface area (Å²) in [6, 6.07) is 3.29. The Morgan fingerprint density at radius 2 is 2.15 bits per heavy atom. The van der Waals surface area contributed by atoms with Gasteiger partial charge in [-0.05, 0) is 50.1 Å². The minimum Gasteiger partial charge on any atom is -0.313 e. The largest absolute Gasteiger partial charge is 0.313 e. The van der Waals surface area contributed by atoms with E-state index in [4.69, 9.17) is 5.10 Å². The molecule has 0 aromatic carbocycles. The Morgan fingerprint density at radius 3 is 2.70 bits per heavy atom. The predicted octanol–water partition coefficient (Wildman–Crippen LogP) is 3.81. The van der Waals surface area contributed by atoms with E-state index in [0.717, 1.165) is 25.3 Å². The van der Waals surface area contributed by atoms with Crippen molar-refractivity contribution in [3.05, 3.63) is 18.0 Å². The van der Waals surface area contributed by atoms with Crippen LogP contribution in [0.2, 0.25) is 0 Å². The van der Waals surface area contributed by atoms with Gasteiger partial charge in [-0.2, -0.15) is 5.10 Å². The maximum Gasteiger partial charge on any atom is 0.0640 e. The standard InChI is InChI=1S/C17H31N3/c1-6-9-18-16(15-12-17(15,4)5)11-14-8-10-20(19-14)13(3)7-2/h8,10,13,15-16,18H,6-7,9,11-12H2,1-5H3.